The number of carbonyl (C=O) groups is 1. The van der Waals surface area contributed by atoms with Gasteiger partial charge >= 0.3 is 5.97 Å². The Hall–Kier alpha value is -0.610. The minimum absolute atomic E-state index is 0.475. The van der Waals surface area contributed by atoms with E-state index in [1.54, 1.807) is 0 Å². The van der Waals surface area contributed by atoms with E-state index in [-0.39, 0.29) is 0 Å². The molecule has 98 valence electrons. The molecule has 2 aliphatic heterocycles. The first-order chi connectivity index (χ1) is 7.90. The molecule has 2 heterocycles. The van der Waals surface area contributed by atoms with Crippen LogP contribution < -0.4 is 0 Å². The smallest absolute Gasteiger partial charge is 0.310 e. The Morgan fingerprint density at radius 3 is 2.76 bits per heavy atom. The van der Waals surface area contributed by atoms with Crippen molar-refractivity contribution in [1.82, 2.24) is 9.80 Å². The van der Waals surface area contributed by atoms with Gasteiger partial charge in [-0.1, -0.05) is 0 Å². The van der Waals surface area contributed by atoms with E-state index in [1.807, 2.05) is 13.8 Å². The van der Waals surface area contributed by atoms with Crippen molar-refractivity contribution in [3.63, 3.8) is 0 Å². The number of aliphatic carboxylic acids is 1. The van der Waals surface area contributed by atoms with Gasteiger partial charge in [0.25, 0.3) is 0 Å². The number of piperazine rings is 1. The molecular formula is C13H24N2O2. The van der Waals surface area contributed by atoms with Crippen molar-refractivity contribution < 1.29 is 9.90 Å². The van der Waals surface area contributed by atoms with Crippen LogP contribution >= 0.6 is 0 Å². The second kappa shape index (κ2) is 4.58. The standard InChI is InChI=1S/C13H24N2O2/c1-10-7-14-6-4-5-11(14)8-15(10)9-13(2,3)12(16)17/h10-11H,4-9H2,1-3H3,(H,16,17). The molecular weight excluding hydrogens is 216 g/mol. The van der Waals surface area contributed by atoms with Crippen LogP contribution in [0.3, 0.4) is 0 Å². The zero-order valence-electron chi connectivity index (χ0n) is 11.1. The molecule has 2 saturated heterocycles. The molecule has 0 amide bonds. The van der Waals surface area contributed by atoms with Crippen LogP contribution in [0.2, 0.25) is 0 Å². The molecule has 0 aromatic heterocycles. The van der Waals surface area contributed by atoms with Crippen LogP contribution in [-0.2, 0) is 4.79 Å². The molecule has 2 rings (SSSR count). The van der Waals surface area contributed by atoms with Crippen molar-refractivity contribution in [2.45, 2.75) is 45.7 Å². The lowest BCUT2D eigenvalue weighted by molar-refractivity contribution is -0.148. The zero-order chi connectivity index (χ0) is 12.6. The molecule has 0 aromatic carbocycles. The fourth-order valence-corrected chi connectivity index (χ4v) is 3.04. The maximum Gasteiger partial charge on any atom is 0.310 e. The van der Waals surface area contributed by atoms with E-state index in [9.17, 15) is 9.90 Å². The molecule has 2 fully saturated rings. The molecule has 4 nitrogen and oxygen atoms in total. The van der Waals surface area contributed by atoms with Gasteiger partial charge in [0.15, 0.2) is 0 Å². The first kappa shape index (κ1) is 12.8. The molecule has 0 spiro atoms. The number of hydrogen-bond donors (Lipinski definition) is 1. The molecule has 17 heavy (non-hydrogen) atoms. The van der Waals surface area contributed by atoms with E-state index < -0.39 is 11.4 Å². The van der Waals surface area contributed by atoms with Gasteiger partial charge in [-0.05, 0) is 40.2 Å². The van der Waals surface area contributed by atoms with Gasteiger partial charge in [-0.15, -0.1) is 0 Å². The topological polar surface area (TPSA) is 43.8 Å². The lowest BCUT2D eigenvalue weighted by Gasteiger charge is -2.44. The largest absolute Gasteiger partial charge is 0.481 e. The van der Waals surface area contributed by atoms with Gasteiger partial charge in [0.1, 0.15) is 0 Å². The van der Waals surface area contributed by atoms with Crippen molar-refractivity contribution in [2.75, 3.05) is 26.2 Å². The van der Waals surface area contributed by atoms with Gasteiger partial charge in [0.2, 0.25) is 0 Å². The highest BCUT2D eigenvalue weighted by molar-refractivity contribution is 5.73. The maximum absolute atomic E-state index is 11.2. The summed E-state index contributed by atoms with van der Waals surface area (Å²) in [7, 11) is 0. The number of nitrogens with zero attached hydrogens (tertiary/aromatic N) is 2. The van der Waals surface area contributed by atoms with Crippen molar-refractivity contribution in [3.8, 4) is 0 Å². The van der Waals surface area contributed by atoms with Gasteiger partial charge < -0.3 is 5.11 Å². The number of carboxylic acids is 1. The first-order valence-corrected chi connectivity index (χ1v) is 6.61. The third-order valence-corrected chi connectivity index (χ3v) is 4.24. The third kappa shape index (κ3) is 2.63. The molecule has 0 radical (unpaired) electrons. The summed E-state index contributed by atoms with van der Waals surface area (Å²) in [6.07, 6.45) is 2.57. The Morgan fingerprint density at radius 1 is 1.41 bits per heavy atom. The summed E-state index contributed by atoms with van der Waals surface area (Å²) in [4.78, 5) is 16.1. The Balaban J connectivity index is 1.99. The highest BCUT2D eigenvalue weighted by atomic mass is 16.4. The van der Waals surface area contributed by atoms with Crippen LogP contribution in [0.1, 0.15) is 33.6 Å². The summed E-state index contributed by atoms with van der Waals surface area (Å²) < 4.78 is 0. The molecule has 0 saturated carbocycles. The van der Waals surface area contributed by atoms with Crippen molar-refractivity contribution >= 4 is 5.97 Å². The summed E-state index contributed by atoms with van der Waals surface area (Å²) in [5.41, 5.74) is -0.644. The minimum atomic E-state index is -0.696. The van der Waals surface area contributed by atoms with E-state index in [2.05, 4.69) is 16.7 Å². The molecule has 4 heteroatoms. The average molecular weight is 240 g/mol. The minimum Gasteiger partial charge on any atom is -0.481 e. The van der Waals surface area contributed by atoms with Crippen LogP contribution in [0.25, 0.3) is 0 Å². The number of rotatable bonds is 3. The van der Waals surface area contributed by atoms with E-state index >= 15 is 0 Å². The average Bonchev–Trinajstić information content (AvgIpc) is 2.64. The van der Waals surface area contributed by atoms with Gasteiger partial charge in [-0.3, -0.25) is 14.6 Å². The van der Waals surface area contributed by atoms with Crippen molar-refractivity contribution in [2.24, 2.45) is 5.41 Å². The Kier molecular flexibility index (Phi) is 3.46. The number of hydrogen-bond acceptors (Lipinski definition) is 3. The molecule has 2 atom stereocenters. The summed E-state index contributed by atoms with van der Waals surface area (Å²) in [6, 6.07) is 1.14. The van der Waals surface area contributed by atoms with E-state index in [4.69, 9.17) is 0 Å². The number of fused-ring (bicyclic) bond motifs is 1. The summed E-state index contributed by atoms with van der Waals surface area (Å²) in [5, 5.41) is 9.21. The highest BCUT2D eigenvalue weighted by Crippen LogP contribution is 2.27. The zero-order valence-corrected chi connectivity index (χ0v) is 11.1. The van der Waals surface area contributed by atoms with E-state index in [1.165, 1.54) is 19.4 Å². The van der Waals surface area contributed by atoms with Crippen LogP contribution in [0.5, 0.6) is 0 Å². The predicted molar refractivity (Wildman–Crippen MR) is 67.0 cm³/mol. The fraction of sp³-hybridized carbons (Fsp3) is 0.923. The molecule has 0 aliphatic carbocycles. The Labute approximate surface area is 104 Å². The van der Waals surface area contributed by atoms with E-state index in [0.717, 1.165) is 13.1 Å². The van der Waals surface area contributed by atoms with E-state index in [0.29, 0.717) is 18.6 Å². The molecule has 1 N–H and O–H groups in total. The van der Waals surface area contributed by atoms with Crippen molar-refractivity contribution in [1.29, 1.82) is 0 Å². The summed E-state index contributed by atoms with van der Waals surface area (Å²) >= 11 is 0. The van der Waals surface area contributed by atoms with Gasteiger partial charge in [0, 0.05) is 31.7 Å². The first-order valence-electron chi connectivity index (χ1n) is 6.61. The molecule has 0 bridgehead atoms. The SMILES string of the molecule is CC1CN2CCCC2CN1CC(C)(C)C(=O)O. The second-order valence-corrected chi connectivity index (χ2v) is 6.26. The van der Waals surface area contributed by atoms with Crippen LogP contribution in [-0.4, -0.2) is 59.1 Å². The van der Waals surface area contributed by atoms with Crippen LogP contribution in [0.15, 0.2) is 0 Å². The summed E-state index contributed by atoms with van der Waals surface area (Å²) in [6.45, 7) is 9.88. The highest BCUT2D eigenvalue weighted by Gasteiger charge is 2.38. The van der Waals surface area contributed by atoms with Crippen molar-refractivity contribution in [3.05, 3.63) is 0 Å². The number of carboxylic acid groups (broad SMARTS) is 1. The third-order valence-electron chi connectivity index (χ3n) is 4.24. The van der Waals surface area contributed by atoms with Crippen LogP contribution in [0.4, 0.5) is 0 Å². The second-order valence-electron chi connectivity index (χ2n) is 6.26. The quantitative estimate of drug-likeness (QED) is 0.806. The maximum atomic E-state index is 11.2. The molecule has 2 unspecified atom stereocenters. The monoisotopic (exact) mass is 240 g/mol. The fourth-order valence-electron chi connectivity index (χ4n) is 3.04. The lowest BCUT2D eigenvalue weighted by Crippen LogP contribution is -2.57. The van der Waals surface area contributed by atoms with Gasteiger partial charge in [-0.2, -0.15) is 0 Å². The van der Waals surface area contributed by atoms with Crippen LogP contribution in [0, 0.1) is 5.41 Å². The molecule has 2 aliphatic rings. The normalized spacial score (nSPS) is 31.5. The molecule has 0 aromatic rings. The Morgan fingerprint density at radius 2 is 2.12 bits per heavy atom. The summed E-state index contributed by atoms with van der Waals surface area (Å²) in [5.74, 6) is -0.696. The lowest BCUT2D eigenvalue weighted by atomic mass is 9.91. The predicted octanol–water partition coefficient (Wildman–Crippen LogP) is 1.27. The van der Waals surface area contributed by atoms with Gasteiger partial charge in [0.05, 0.1) is 5.41 Å². The van der Waals surface area contributed by atoms with Gasteiger partial charge in [-0.25, -0.2) is 0 Å². The Bertz CT molecular complexity index is 304.